The second kappa shape index (κ2) is 2.80. The molecule has 0 fully saturated rings. The van der Waals surface area contributed by atoms with E-state index in [1.165, 1.54) is 16.5 Å². The summed E-state index contributed by atoms with van der Waals surface area (Å²) in [5.74, 6) is -1.34. The second-order valence-corrected chi connectivity index (χ2v) is 2.89. The van der Waals surface area contributed by atoms with Crippen molar-refractivity contribution in [2.24, 2.45) is 0 Å². The minimum atomic E-state index is -1.22. The van der Waals surface area contributed by atoms with Crippen LogP contribution < -0.4 is 0 Å². The van der Waals surface area contributed by atoms with Crippen LogP contribution in [0.4, 0.5) is 4.39 Å². The first-order chi connectivity index (χ1) is 6.61. The summed E-state index contributed by atoms with van der Waals surface area (Å²) in [4.78, 5) is 14.5. The van der Waals surface area contributed by atoms with Gasteiger partial charge in [0.25, 0.3) is 0 Å². The number of fused-ring (bicyclic) bond motifs is 1. The summed E-state index contributed by atoms with van der Waals surface area (Å²) in [5, 5.41) is 8.78. The van der Waals surface area contributed by atoms with Crippen molar-refractivity contribution in [2.75, 3.05) is 0 Å². The first-order valence-corrected chi connectivity index (χ1v) is 3.97. The normalized spacial score (nSPS) is 10.7. The molecular formula is C9H7FN2O2. The first-order valence-electron chi connectivity index (χ1n) is 3.97. The minimum absolute atomic E-state index is 0.0116. The molecule has 0 saturated carbocycles. The van der Waals surface area contributed by atoms with Gasteiger partial charge >= 0.3 is 5.97 Å². The van der Waals surface area contributed by atoms with Crippen molar-refractivity contribution < 1.29 is 14.3 Å². The maximum atomic E-state index is 13.3. The fourth-order valence-electron chi connectivity index (χ4n) is 1.40. The Kier molecular flexibility index (Phi) is 1.73. The molecule has 1 N–H and O–H groups in total. The Morgan fingerprint density at radius 3 is 3.00 bits per heavy atom. The van der Waals surface area contributed by atoms with Gasteiger partial charge in [-0.2, -0.15) is 0 Å². The van der Waals surface area contributed by atoms with Crippen molar-refractivity contribution in [1.29, 1.82) is 0 Å². The van der Waals surface area contributed by atoms with Gasteiger partial charge in [0.15, 0.2) is 5.69 Å². The Hall–Kier alpha value is -1.91. The largest absolute Gasteiger partial charge is 0.476 e. The number of carboxylic acid groups (broad SMARTS) is 1. The number of rotatable bonds is 1. The molecule has 5 heteroatoms. The van der Waals surface area contributed by atoms with E-state index in [-0.39, 0.29) is 11.2 Å². The van der Waals surface area contributed by atoms with E-state index in [1.807, 2.05) is 0 Å². The lowest BCUT2D eigenvalue weighted by Gasteiger charge is -1.96. The lowest BCUT2D eigenvalue weighted by atomic mass is 10.3. The van der Waals surface area contributed by atoms with Crippen LogP contribution in [0.2, 0.25) is 0 Å². The van der Waals surface area contributed by atoms with Gasteiger partial charge in [0.2, 0.25) is 0 Å². The highest BCUT2D eigenvalue weighted by Gasteiger charge is 2.17. The van der Waals surface area contributed by atoms with Gasteiger partial charge in [-0.05, 0) is 19.1 Å². The Bertz CT molecular complexity index is 519. The van der Waals surface area contributed by atoms with Gasteiger partial charge in [0, 0.05) is 6.20 Å². The Balaban J connectivity index is 2.93. The molecule has 2 aromatic heterocycles. The van der Waals surface area contributed by atoms with Gasteiger partial charge in [-0.15, -0.1) is 0 Å². The molecule has 0 amide bonds. The van der Waals surface area contributed by atoms with Crippen molar-refractivity contribution in [3.63, 3.8) is 0 Å². The van der Waals surface area contributed by atoms with Crippen LogP contribution in [-0.2, 0) is 0 Å². The highest BCUT2D eigenvalue weighted by molar-refractivity contribution is 5.93. The van der Waals surface area contributed by atoms with Crippen LogP contribution in [0.5, 0.6) is 0 Å². The van der Waals surface area contributed by atoms with Gasteiger partial charge < -0.3 is 9.51 Å². The van der Waals surface area contributed by atoms with E-state index in [9.17, 15) is 9.18 Å². The van der Waals surface area contributed by atoms with Crippen molar-refractivity contribution in [2.45, 2.75) is 6.92 Å². The lowest BCUT2D eigenvalue weighted by Crippen LogP contribution is -1.98. The number of aromatic carboxylic acids is 1. The molecule has 0 saturated heterocycles. The zero-order chi connectivity index (χ0) is 10.3. The van der Waals surface area contributed by atoms with E-state index in [1.54, 1.807) is 13.1 Å². The molecule has 0 aliphatic carbocycles. The fraction of sp³-hybridized carbons (Fsp3) is 0.111. The van der Waals surface area contributed by atoms with Crippen molar-refractivity contribution in [3.05, 3.63) is 35.7 Å². The predicted molar refractivity (Wildman–Crippen MR) is 46.8 cm³/mol. The number of pyridine rings is 1. The molecule has 0 aromatic carbocycles. The number of halogens is 1. The highest BCUT2D eigenvalue weighted by atomic mass is 19.1. The van der Waals surface area contributed by atoms with E-state index in [2.05, 4.69) is 4.98 Å². The molecule has 0 spiro atoms. The summed E-state index contributed by atoms with van der Waals surface area (Å²) in [6.07, 6.45) is 1.58. The van der Waals surface area contributed by atoms with E-state index in [0.29, 0.717) is 5.82 Å². The molecule has 0 aliphatic heterocycles. The summed E-state index contributed by atoms with van der Waals surface area (Å²) < 4.78 is 14.7. The van der Waals surface area contributed by atoms with E-state index in [0.717, 1.165) is 0 Å². The molecule has 2 rings (SSSR count). The number of carboxylic acids is 1. The highest BCUT2D eigenvalue weighted by Crippen LogP contribution is 2.16. The third-order valence-electron chi connectivity index (χ3n) is 1.99. The first kappa shape index (κ1) is 8.68. The zero-order valence-electron chi connectivity index (χ0n) is 7.36. The minimum Gasteiger partial charge on any atom is -0.476 e. The third kappa shape index (κ3) is 1.06. The smallest absolute Gasteiger partial charge is 0.356 e. The number of aryl methyl sites for hydroxylation is 1. The van der Waals surface area contributed by atoms with E-state index in [4.69, 9.17) is 5.11 Å². The summed E-state index contributed by atoms with van der Waals surface area (Å²) >= 11 is 0. The number of hydrogen-bond acceptors (Lipinski definition) is 2. The molecule has 2 heterocycles. The van der Waals surface area contributed by atoms with Gasteiger partial charge in [0.1, 0.15) is 17.2 Å². The number of aromatic nitrogens is 2. The zero-order valence-corrected chi connectivity index (χ0v) is 7.36. The van der Waals surface area contributed by atoms with Crippen LogP contribution in [0.15, 0.2) is 18.3 Å². The average Bonchev–Trinajstić information content (AvgIpc) is 2.46. The molecule has 0 atom stereocenters. The van der Waals surface area contributed by atoms with Gasteiger partial charge in [-0.25, -0.2) is 14.2 Å². The summed E-state index contributed by atoms with van der Waals surface area (Å²) in [7, 11) is 0. The monoisotopic (exact) mass is 194 g/mol. The molecule has 2 aromatic rings. The SMILES string of the molecule is Cc1nc(C(=O)O)c2c(F)cccn12. The Labute approximate surface area is 78.6 Å². The lowest BCUT2D eigenvalue weighted by molar-refractivity contribution is 0.0693. The van der Waals surface area contributed by atoms with Gasteiger partial charge in [-0.1, -0.05) is 0 Å². The molecule has 14 heavy (non-hydrogen) atoms. The molecule has 72 valence electrons. The van der Waals surface area contributed by atoms with Gasteiger partial charge in [0.05, 0.1) is 0 Å². The topological polar surface area (TPSA) is 54.6 Å². The number of nitrogens with zero attached hydrogens (tertiary/aromatic N) is 2. The molecular weight excluding hydrogens is 187 g/mol. The number of imidazole rings is 1. The van der Waals surface area contributed by atoms with E-state index < -0.39 is 11.8 Å². The molecule has 4 nitrogen and oxygen atoms in total. The van der Waals surface area contributed by atoms with Crippen molar-refractivity contribution >= 4 is 11.5 Å². The second-order valence-electron chi connectivity index (χ2n) is 2.89. The Morgan fingerprint density at radius 2 is 2.36 bits per heavy atom. The van der Waals surface area contributed by atoms with Crippen molar-refractivity contribution in [3.8, 4) is 0 Å². The maximum absolute atomic E-state index is 13.3. The van der Waals surface area contributed by atoms with Crippen LogP contribution >= 0.6 is 0 Å². The number of carbonyl (C=O) groups is 1. The quantitative estimate of drug-likeness (QED) is 0.748. The average molecular weight is 194 g/mol. The van der Waals surface area contributed by atoms with Gasteiger partial charge in [-0.3, -0.25) is 0 Å². The molecule has 0 bridgehead atoms. The van der Waals surface area contributed by atoms with Crippen molar-refractivity contribution in [1.82, 2.24) is 9.38 Å². The standard InChI is InChI=1S/C9H7FN2O2/c1-5-11-7(9(13)14)8-6(10)3-2-4-12(5)8/h2-4H,1H3,(H,13,14). The fourth-order valence-corrected chi connectivity index (χ4v) is 1.40. The van der Waals surface area contributed by atoms with E-state index >= 15 is 0 Å². The van der Waals surface area contributed by atoms with Crippen LogP contribution in [-0.4, -0.2) is 20.5 Å². The summed E-state index contributed by atoms with van der Waals surface area (Å²) in [6, 6.07) is 2.71. The maximum Gasteiger partial charge on any atom is 0.356 e. The summed E-state index contributed by atoms with van der Waals surface area (Å²) in [5.41, 5.74) is -0.238. The molecule has 0 radical (unpaired) electrons. The van der Waals surface area contributed by atoms with Crippen LogP contribution in [0.1, 0.15) is 16.3 Å². The molecule has 0 aliphatic rings. The molecule has 0 unspecified atom stereocenters. The Morgan fingerprint density at radius 1 is 1.64 bits per heavy atom. The third-order valence-corrected chi connectivity index (χ3v) is 1.99. The van der Waals surface area contributed by atoms with Crippen LogP contribution in [0, 0.1) is 12.7 Å². The van der Waals surface area contributed by atoms with Crippen LogP contribution in [0.3, 0.4) is 0 Å². The predicted octanol–water partition coefficient (Wildman–Crippen LogP) is 1.48. The summed E-state index contributed by atoms with van der Waals surface area (Å²) in [6.45, 7) is 1.62. The number of hydrogen-bond donors (Lipinski definition) is 1. The van der Waals surface area contributed by atoms with Crippen LogP contribution in [0.25, 0.3) is 5.52 Å².